The monoisotopic (exact) mass is 430 g/mol. The number of anilines is 1. The summed E-state index contributed by atoms with van der Waals surface area (Å²) in [5.41, 5.74) is 1.77. The number of carbonyl (C=O) groups is 1. The Balaban J connectivity index is 1.89. The van der Waals surface area contributed by atoms with Crippen LogP contribution < -0.4 is 5.32 Å². The SMILES string of the molecule is N#Cc1c(NC(=O)c2cc(Br)c(Br)s2)sc2c1CCC2. The molecule has 2 aromatic rings. The molecule has 20 heavy (non-hydrogen) atoms. The Hall–Kier alpha value is -0.680. The second-order valence-corrected chi connectivity index (χ2v) is 8.69. The predicted molar refractivity (Wildman–Crippen MR) is 88.7 cm³/mol. The molecule has 1 aliphatic rings. The Bertz CT molecular complexity index is 723. The van der Waals surface area contributed by atoms with Crippen LogP contribution in [0.25, 0.3) is 0 Å². The van der Waals surface area contributed by atoms with E-state index in [0.717, 1.165) is 33.1 Å². The molecule has 0 aromatic carbocycles. The van der Waals surface area contributed by atoms with Gasteiger partial charge in [0, 0.05) is 9.35 Å². The maximum atomic E-state index is 12.2. The van der Waals surface area contributed by atoms with Gasteiger partial charge in [-0.1, -0.05) is 0 Å². The van der Waals surface area contributed by atoms with E-state index in [4.69, 9.17) is 0 Å². The fourth-order valence-electron chi connectivity index (χ4n) is 2.23. The molecule has 0 atom stereocenters. The van der Waals surface area contributed by atoms with Crippen molar-refractivity contribution in [2.24, 2.45) is 0 Å². The van der Waals surface area contributed by atoms with Crippen LogP contribution in [0.3, 0.4) is 0 Å². The highest BCUT2D eigenvalue weighted by molar-refractivity contribution is 9.13. The van der Waals surface area contributed by atoms with Gasteiger partial charge < -0.3 is 5.32 Å². The smallest absolute Gasteiger partial charge is 0.266 e. The van der Waals surface area contributed by atoms with E-state index in [-0.39, 0.29) is 5.91 Å². The van der Waals surface area contributed by atoms with Crippen LogP contribution in [-0.4, -0.2) is 5.91 Å². The van der Waals surface area contributed by atoms with E-state index in [1.807, 2.05) is 0 Å². The van der Waals surface area contributed by atoms with E-state index in [1.165, 1.54) is 27.6 Å². The molecule has 2 aromatic heterocycles. The van der Waals surface area contributed by atoms with Crippen molar-refractivity contribution in [1.29, 1.82) is 5.26 Å². The lowest BCUT2D eigenvalue weighted by Crippen LogP contribution is -2.10. The highest BCUT2D eigenvalue weighted by Crippen LogP contribution is 2.39. The van der Waals surface area contributed by atoms with Crippen molar-refractivity contribution < 1.29 is 4.79 Å². The molecule has 0 aliphatic heterocycles. The molecular formula is C13H8Br2N2OS2. The van der Waals surface area contributed by atoms with Crippen LogP contribution in [0.4, 0.5) is 5.00 Å². The standard InChI is InChI=1S/C13H8Br2N2OS2/c14-8-4-10(19-11(8)15)12(18)17-13-7(5-16)6-2-1-3-9(6)20-13/h4H,1-3H2,(H,17,18). The number of aryl methyl sites for hydroxylation is 1. The number of hydrogen-bond acceptors (Lipinski definition) is 4. The molecule has 0 saturated carbocycles. The van der Waals surface area contributed by atoms with Gasteiger partial charge in [0.15, 0.2) is 0 Å². The number of rotatable bonds is 2. The first kappa shape index (κ1) is 14.3. The van der Waals surface area contributed by atoms with Crippen molar-refractivity contribution in [2.45, 2.75) is 19.3 Å². The Morgan fingerprint density at radius 2 is 2.15 bits per heavy atom. The summed E-state index contributed by atoms with van der Waals surface area (Å²) in [6.07, 6.45) is 3.07. The lowest BCUT2D eigenvalue weighted by Gasteiger charge is -2.01. The minimum Gasteiger partial charge on any atom is -0.312 e. The number of thiophene rings is 2. The molecule has 0 unspecified atom stereocenters. The maximum Gasteiger partial charge on any atom is 0.266 e. The molecule has 1 amide bonds. The van der Waals surface area contributed by atoms with E-state index in [9.17, 15) is 10.1 Å². The first-order chi connectivity index (χ1) is 9.60. The van der Waals surface area contributed by atoms with Crippen molar-refractivity contribution in [3.05, 3.63) is 35.2 Å². The molecule has 2 heterocycles. The number of carbonyl (C=O) groups excluding carboxylic acids is 1. The van der Waals surface area contributed by atoms with Gasteiger partial charge in [-0.25, -0.2) is 0 Å². The summed E-state index contributed by atoms with van der Waals surface area (Å²) < 4.78 is 1.75. The average Bonchev–Trinajstić information content (AvgIpc) is 3.05. The fourth-order valence-corrected chi connectivity index (χ4v) is 5.40. The molecular weight excluding hydrogens is 424 g/mol. The van der Waals surface area contributed by atoms with Crippen LogP contribution >= 0.6 is 54.5 Å². The first-order valence-corrected chi connectivity index (χ1v) is 9.13. The molecule has 0 spiro atoms. The average molecular weight is 432 g/mol. The molecule has 102 valence electrons. The van der Waals surface area contributed by atoms with Crippen LogP contribution in [0.2, 0.25) is 0 Å². The van der Waals surface area contributed by atoms with Gasteiger partial charge in [0.25, 0.3) is 5.91 Å². The highest BCUT2D eigenvalue weighted by atomic mass is 79.9. The van der Waals surface area contributed by atoms with Crippen molar-refractivity contribution in [3.63, 3.8) is 0 Å². The van der Waals surface area contributed by atoms with Crippen LogP contribution in [0, 0.1) is 11.3 Å². The first-order valence-electron chi connectivity index (χ1n) is 5.91. The van der Waals surface area contributed by atoms with Gasteiger partial charge in [-0.15, -0.1) is 22.7 Å². The van der Waals surface area contributed by atoms with Gasteiger partial charge in [-0.2, -0.15) is 5.26 Å². The van der Waals surface area contributed by atoms with Gasteiger partial charge >= 0.3 is 0 Å². The zero-order valence-corrected chi connectivity index (χ0v) is 14.9. The Kier molecular flexibility index (Phi) is 4.00. The highest BCUT2D eigenvalue weighted by Gasteiger charge is 2.23. The molecule has 3 rings (SSSR count). The van der Waals surface area contributed by atoms with Gasteiger partial charge in [0.1, 0.15) is 11.1 Å². The van der Waals surface area contributed by atoms with Crippen LogP contribution in [-0.2, 0) is 12.8 Å². The van der Waals surface area contributed by atoms with E-state index in [2.05, 4.69) is 43.2 Å². The predicted octanol–water partition coefficient (Wildman–Crippen LogP) is 4.95. The van der Waals surface area contributed by atoms with E-state index in [1.54, 1.807) is 6.07 Å². The van der Waals surface area contributed by atoms with E-state index < -0.39 is 0 Å². The van der Waals surface area contributed by atoms with E-state index in [0.29, 0.717) is 15.4 Å². The summed E-state index contributed by atoms with van der Waals surface area (Å²) in [5, 5.41) is 12.9. The quantitative estimate of drug-likeness (QED) is 0.731. The molecule has 0 bridgehead atoms. The molecule has 1 N–H and O–H groups in total. The molecule has 3 nitrogen and oxygen atoms in total. The summed E-state index contributed by atoms with van der Waals surface area (Å²) in [5.74, 6) is -0.169. The second-order valence-electron chi connectivity index (χ2n) is 4.36. The van der Waals surface area contributed by atoms with Gasteiger partial charge in [-0.05, 0) is 62.8 Å². The summed E-state index contributed by atoms with van der Waals surface area (Å²) in [6.45, 7) is 0. The minimum atomic E-state index is -0.169. The zero-order valence-electron chi connectivity index (χ0n) is 10.1. The fraction of sp³-hybridized carbons (Fsp3) is 0.231. The number of halogens is 2. The van der Waals surface area contributed by atoms with E-state index >= 15 is 0 Å². The molecule has 1 aliphatic carbocycles. The third-order valence-electron chi connectivity index (χ3n) is 3.13. The summed E-state index contributed by atoms with van der Waals surface area (Å²) in [6, 6.07) is 4.01. The van der Waals surface area contributed by atoms with Gasteiger partial charge in [0.05, 0.1) is 14.2 Å². The number of amides is 1. The lowest BCUT2D eigenvalue weighted by molar-refractivity contribution is 0.103. The Morgan fingerprint density at radius 3 is 2.80 bits per heavy atom. The molecule has 0 saturated heterocycles. The van der Waals surface area contributed by atoms with Gasteiger partial charge in [-0.3, -0.25) is 4.79 Å². The third kappa shape index (κ3) is 2.46. The number of nitrogens with one attached hydrogen (secondary N) is 1. The Morgan fingerprint density at radius 1 is 1.35 bits per heavy atom. The number of fused-ring (bicyclic) bond motifs is 1. The summed E-state index contributed by atoms with van der Waals surface area (Å²) in [4.78, 5) is 14.1. The van der Waals surface area contributed by atoms with Crippen molar-refractivity contribution in [3.8, 4) is 6.07 Å². The zero-order chi connectivity index (χ0) is 14.3. The van der Waals surface area contributed by atoms with Crippen LogP contribution in [0.5, 0.6) is 0 Å². The summed E-state index contributed by atoms with van der Waals surface area (Å²) >= 11 is 9.64. The lowest BCUT2D eigenvalue weighted by atomic mass is 10.1. The van der Waals surface area contributed by atoms with Crippen LogP contribution in [0.15, 0.2) is 14.3 Å². The molecule has 0 fully saturated rings. The largest absolute Gasteiger partial charge is 0.312 e. The van der Waals surface area contributed by atoms with Crippen LogP contribution in [0.1, 0.15) is 32.1 Å². The number of hydrogen-bond donors (Lipinski definition) is 1. The normalized spacial score (nSPS) is 13.1. The molecule has 0 radical (unpaired) electrons. The topological polar surface area (TPSA) is 52.9 Å². The Labute approximate surface area is 140 Å². The maximum absolute atomic E-state index is 12.2. The number of nitrogens with zero attached hydrogens (tertiary/aromatic N) is 1. The molecule has 7 heteroatoms. The number of nitriles is 1. The summed E-state index contributed by atoms with van der Waals surface area (Å²) in [7, 11) is 0. The van der Waals surface area contributed by atoms with Gasteiger partial charge in [0.2, 0.25) is 0 Å². The van der Waals surface area contributed by atoms with Crippen molar-refractivity contribution in [1.82, 2.24) is 0 Å². The van der Waals surface area contributed by atoms with Crippen molar-refractivity contribution in [2.75, 3.05) is 5.32 Å². The second kappa shape index (κ2) is 5.60. The van der Waals surface area contributed by atoms with Crippen molar-refractivity contribution >= 4 is 65.4 Å². The third-order valence-corrected chi connectivity index (χ3v) is 7.59. The minimum absolute atomic E-state index is 0.169.